The van der Waals surface area contributed by atoms with Crippen LogP contribution in [0.4, 0.5) is 0 Å². The molecule has 2 aromatic heterocycles. The van der Waals surface area contributed by atoms with Crippen LogP contribution >= 0.6 is 0 Å². The molecule has 2 saturated heterocycles. The molecule has 5 heteroatoms. The van der Waals surface area contributed by atoms with E-state index in [9.17, 15) is 0 Å². The molecule has 0 radical (unpaired) electrons. The van der Waals surface area contributed by atoms with E-state index in [0.717, 1.165) is 50.7 Å². The first-order chi connectivity index (χ1) is 12.2. The van der Waals surface area contributed by atoms with Gasteiger partial charge >= 0.3 is 0 Å². The number of rotatable bonds is 6. The van der Waals surface area contributed by atoms with E-state index in [0.29, 0.717) is 12.5 Å². The average molecular weight is 339 g/mol. The van der Waals surface area contributed by atoms with E-state index in [1.807, 2.05) is 37.5 Å². The number of ether oxygens (including phenoxy) is 2. The predicted octanol–water partition coefficient (Wildman–Crippen LogP) is 2.59. The minimum atomic E-state index is -0.0118. The van der Waals surface area contributed by atoms with Gasteiger partial charge in [0.15, 0.2) is 0 Å². The number of likely N-dealkylation sites (tertiary alicyclic amines) is 1. The van der Waals surface area contributed by atoms with E-state index in [2.05, 4.69) is 27.0 Å². The Bertz CT molecular complexity index is 701. The zero-order chi connectivity index (χ0) is 17.1. The molecule has 2 aromatic rings. The first-order valence-electron chi connectivity index (χ1n) is 8.99. The highest BCUT2D eigenvalue weighted by atomic mass is 16.5. The van der Waals surface area contributed by atoms with Crippen LogP contribution in [0.5, 0.6) is 0 Å². The number of nitrogens with zero attached hydrogens (tertiary/aromatic N) is 3. The number of hydrogen-bond acceptors (Lipinski definition) is 5. The Labute approximate surface area is 149 Å². The summed E-state index contributed by atoms with van der Waals surface area (Å²) < 4.78 is 12.1. The first-order valence-corrected chi connectivity index (χ1v) is 8.99. The van der Waals surface area contributed by atoms with Crippen molar-refractivity contribution in [1.82, 2.24) is 14.9 Å². The molecule has 1 atom stereocenters. The van der Waals surface area contributed by atoms with Crippen LogP contribution in [0, 0.1) is 12.8 Å². The van der Waals surface area contributed by atoms with Crippen molar-refractivity contribution < 1.29 is 9.47 Å². The second kappa shape index (κ2) is 7.20. The van der Waals surface area contributed by atoms with Crippen molar-refractivity contribution in [1.29, 1.82) is 0 Å². The lowest BCUT2D eigenvalue weighted by atomic mass is 9.81. The van der Waals surface area contributed by atoms with Gasteiger partial charge in [-0.1, -0.05) is 6.07 Å². The van der Waals surface area contributed by atoms with Crippen LogP contribution in [0.15, 0.2) is 42.7 Å². The second-order valence-electron chi connectivity index (χ2n) is 7.18. The lowest BCUT2D eigenvalue weighted by molar-refractivity contribution is -0.146. The maximum atomic E-state index is 6.13. The molecule has 132 valence electrons. The Morgan fingerprint density at radius 2 is 2.08 bits per heavy atom. The summed E-state index contributed by atoms with van der Waals surface area (Å²) >= 11 is 0. The standard InChI is InChI=1S/C20H25N3O2/c1-16-3-2-4-19(22-16)11-23-14-20(15-23)18(7-10-25-20)13-24-12-17-5-8-21-9-6-17/h2-6,8-9,18H,7,10-15H2,1H3. The normalized spacial score (nSPS) is 22.2. The zero-order valence-corrected chi connectivity index (χ0v) is 14.7. The quantitative estimate of drug-likeness (QED) is 0.810. The molecule has 0 saturated carbocycles. The van der Waals surface area contributed by atoms with E-state index >= 15 is 0 Å². The van der Waals surface area contributed by atoms with Gasteiger partial charge in [-0.15, -0.1) is 0 Å². The molecule has 4 rings (SSSR count). The van der Waals surface area contributed by atoms with Crippen LogP contribution in [-0.2, 0) is 22.6 Å². The molecule has 25 heavy (non-hydrogen) atoms. The minimum Gasteiger partial charge on any atom is -0.376 e. The van der Waals surface area contributed by atoms with Gasteiger partial charge in [0, 0.05) is 50.2 Å². The molecule has 0 amide bonds. The molecule has 1 unspecified atom stereocenters. The van der Waals surface area contributed by atoms with Crippen LogP contribution in [0.2, 0.25) is 0 Å². The fourth-order valence-electron chi connectivity index (χ4n) is 3.91. The molecule has 1 spiro atoms. The van der Waals surface area contributed by atoms with Crippen molar-refractivity contribution in [2.24, 2.45) is 5.92 Å². The average Bonchev–Trinajstić information content (AvgIpc) is 2.99. The lowest BCUT2D eigenvalue weighted by Crippen LogP contribution is -2.64. The van der Waals surface area contributed by atoms with E-state index in [1.165, 1.54) is 5.56 Å². The van der Waals surface area contributed by atoms with Gasteiger partial charge in [0.1, 0.15) is 0 Å². The fraction of sp³-hybridized carbons (Fsp3) is 0.500. The molecule has 4 heterocycles. The monoisotopic (exact) mass is 339 g/mol. The molecule has 0 aliphatic carbocycles. The van der Waals surface area contributed by atoms with Crippen LogP contribution in [0.3, 0.4) is 0 Å². The maximum absolute atomic E-state index is 6.13. The Kier molecular flexibility index (Phi) is 4.79. The molecule has 2 aliphatic heterocycles. The van der Waals surface area contributed by atoms with Gasteiger partial charge in [-0.25, -0.2) is 0 Å². The Hall–Kier alpha value is -1.82. The summed E-state index contributed by atoms with van der Waals surface area (Å²) in [5, 5.41) is 0. The summed E-state index contributed by atoms with van der Waals surface area (Å²) in [5.74, 6) is 0.482. The predicted molar refractivity (Wildman–Crippen MR) is 94.9 cm³/mol. The highest BCUT2D eigenvalue weighted by Crippen LogP contribution is 2.40. The highest BCUT2D eigenvalue weighted by molar-refractivity contribution is 5.13. The van der Waals surface area contributed by atoms with Crippen LogP contribution in [-0.4, -0.2) is 46.8 Å². The van der Waals surface area contributed by atoms with E-state index in [-0.39, 0.29) is 5.60 Å². The van der Waals surface area contributed by atoms with Crippen molar-refractivity contribution in [2.75, 3.05) is 26.3 Å². The van der Waals surface area contributed by atoms with Crippen molar-refractivity contribution in [3.8, 4) is 0 Å². The summed E-state index contributed by atoms with van der Waals surface area (Å²) in [5.41, 5.74) is 3.37. The Balaban J connectivity index is 1.27. The van der Waals surface area contributed by atoms with Gasteiger partial charge in [-0.3, -0.25) is 14.9 Å². The van der Waals surface area contributed by atoms with E-state index < -0.39 is 0 Å². The topological polar surface area (TPSA) is 47.5 Å². The van der Waals surface area contributed by atoms with Gasteiger partial charge < -0.3 is 9.47 Å². The summed E-state index contributed by atoms with van der Waals surface area (Å²) in [6, 6.07) is 10.2. The van der Waals surface area contributed by atoms with Crippen molar-refractivity contribution in [3.63, 3.8) is 0 Å². The SMILES string of the molecule is Cc1cccc(CN2CC3(C2)OCCC3COCc2ccncc2)n1. The molecule has 0 aromatic carbocycles. The second-order valence-corrected chi connectivity index (χ2v) is 7.18. The van der Waals surface area contributed by atoms with E-state index in [1.54, 1.807) is 0 Å². The molecule has 0 N–H and O–H groups in total. The third-order valence-electron chi connectivity index (χ3n) is 5.25. The lowest BCUT2D eigenvalue weighted by Gasteiger charge is -2.50. The van der Waals surface area contributed by atoms with Crippen LogP contribution in [0.1, 0.15) is 23.4 Å². The van der Waals surface area contributed by atoms with Gasteiger partial charge in [-0.05, 0) is 43.2 Å². The van der Waals surface area contributed by atoms with Crippen LogP contribution in [0.25, 0.3) is 0 Å². The summed E-state index contributed by atoms with van der Waals surface area (Å²) in [6.07, 6.45) is 4.71. The molecular formula is C20H25N3O2. The smallest absolute Gasteiger partial charge is 0.0985 e. The fourth-order valence-corrected chi connectivity index (χ4v) is 3.91. The van der Waals surface area contributed by atoms with Crippen molar-refractivity contribution in [3.05, 3.63) is 59.7 Å². The Morgan fingerprint density at radius 1 is 1.24 bits per heavy atom. The first kappa shape index (κ1) is 16.6. The molecule has 2 aliphatic rings. The van der Waals surface area contributed by atoms with Gasteiger partial charge in [-0.2, -0.15) is 0 Å². The summed E-state index contributed by atoms with van der Waals surface area (Å²) in [7, 11) is 0. The molecule has 5 nitrogen and oxygen atoms in total. The molecule has 2 fully saturated rings. The third kappa shape index (κ3) is 3.73. The number of aromatic nitrogens is 2. The van der Waals surface area contributed by atoms with Gasteiger partial charge in [0.25, 0.3) is 0 Å². The number of hydrogen-bond donors (Lipinski definition) is 0. The summed E-state index contributed by atoms with van der Waals surface area (Å²) in [6.45, 7) is 7.15. The summed E-state index contributed by atoms with van der Waals surface area (Å²) in [4.78, 5) is 11.1. The van der Waals surface area contributed by atoms with Gasteiger partial charge in [0.2, 0.25) is 0 Å². The van der Waals surface area contributed by atoms with Crippen molar-refractivity contribution >= 4 is 0 Å². The number of pyridine rings is 2. The van der Waals surface area contributed by atoms with Crippen LogP contribution < -0.4 is 0 Å². The third-order valence-corrected chi connectivity index (χ3v) is 5.25. The van der Waals surface area contributed by atoms with Gasteiger partial charge in [0.05, 0.1) is 24.5 Å². The Morgan fingerprint density at radius 3 is 2.88 bits per heavy atom. The minimum absolute atomic E-state index is 0.0118. The highest BCUT2D eigenvalue weighted by Gasteiger charge is 2.52. The zero-order valence-electron chi connectivity index (χ0n) is 14.7. The van der Waals surface area contributed by atoms with E-state index in [4.69, 9.17) is 9.47 Å². The molecular weight excluding hydrogens is 314 g/mol. The maximum Gasteiger partial charge on any atom is 0.0985 e. The molecule has 0 bridgehead atoms. The van der Waals surface area contributed by atoms with Crippen molar-refractivity contribution in [2.45, 2.75) is 32.1 Å². The largest absolute Gasteiger partial charge is 0.376 e. The number of aryl methyl sites for hydroxylation is 1.